The van der Waals surface area contributed by atoms with Crippen molar-refractivity contribution in [1.29, 1.82) is 10.5 Å². The molecule has 0 bridgehead atoms. The zero-order valence-electron chi connectivity index (χ0n) is 16.5. The maximum atomic E-state index is 14.7. The van der Waals surface area contributed by atoms with Crippen LogP contribution < -0.4 is 10.4 Å². The molecule has 3 aromatic carbocycles. The highest BCUT2D eigenvalue weighted by Crippen LogP contribution is 2.33. The average molecular weight is 464 g/mol. The molecule has 0 saturated carbocycles. The number of rotatable bonds is 2. The molecule has 10 heteroatoms. The van der Waals surface area contributed by atoms with Crippen LogP contribution in [0.1, 0.15) is 5.56 Å². The molecule has 0 radical (unpaired) electrons. The van der Waals surface area contributed by atoms with E-state index < -0.39 is 68.2 Å². The molecule has 0 unspecified atom stereocenters. The quantitative estimate of drug-likeness (QED) is 0.304. The third kappa shape index (κ3) is 3.81. The molecule has 0 heterocycles. The van der Waals surface area contributed by atoms with Crippen molar-refractivity contribution in [2.75, 3.05) is 0 Å². The van der Waals surface area contributed by atoms with Crippen LogP contribution in [-0.2, 0) is 0 Å². The molecular formula is C24H6F6N4. The number of nitriles is 2. The van der Waals surface area contributed by atoms with E-state index in [0.717, 1.165) is 30.3 Å². The van der Waals surface area contributed by atoms with Gasteiger partial charge in [-0.3, -0.25) is 0 Å². The van der Waals surface area contributed by atoms with E-state index in [9.17, 15) is 31.6 Å². The molecule has 0 spiro atoms. The lowest BCUT2D eigenvalue weighted by atomic mass is 9.94. The summed E-state index contributed by atoms with van der Waals surface area (Å²) in [5.74, 6) is -10.3. The van der Waals surface area contributed by atoms with Gasteiger partial charge < -0.3 is 0 Å². The molecule has 34 heavy (non-hydrogen) atoms. The van der Waals surface area contributed by atoms with E-state index in [-0.39, 0.29) is 10.8 Å². The Morgan fingerprint density at radius 1 is 0.765 bits per heavy atom. The van der Waals surface area contributed by atoms with Crippen molar-refractivity contribution in [3.05, 3.63) is 110 Å². The lowest BCUT2D eigenvalue weighted by molar-refractivity contribution is 0.457. The third-order valence-corrected chi connectivity index (χ3v) is 4.72. The minimum atomic E-state index is -2.03. The van der Waals surface area contributed by atoms with Gasteiger partial charge in [-0.1, -0.05) is 18.2 Å². The fourth-order valence-corrected chi connectivity index (χ4v) is 3.18. The van der Waals surface area contributed by atoms with Gasteiger partial charge in [0.25, 0.3) is 11.4 Å². The second-order valence-electron chi connectivity index (χ2n) is 6.53. The van der Waals surface area contributed by atoms with Crippen LogP contribution in [0.2, 0.25) is 0 Å². The molecule has 4 nitrogen and oxygen atoms in total. The zero-order chi connectivity index (χ0) is 25.2. The van der Waals surface area contributed by atoms with Crippen molar-refractivity contribution in [2.24, 2.45) is 0 Å². The van der Waals surface area contributed by atoms with Gasteiger partial charge in [-0.05, 0) is 22.9 Å². The summed E-state index contributed by atoms with van der Waals surface area (Å²) in [6.07, 6.45) is 0. The first-order valence-corrected chi connectivity index (χ1v) is 8.95. The van der Waals surface area contributed by atoms with Gasteiger partial charge in [-0.25, -0.2) is 41.3 Å². The van der Waals surface area contributed by atoms with E-state index in [2.05, 4.69) is 9.69 Å². The standard InChI is InChI=1S/C24H6F6N4/c1-33-18(10-32)11-3-5-13(15(7-11)14-6-4-12(25)8-17(14)26)16(9-31)19-20(27)22(29)24(34-2)23(30)21(19)28/h3-8H/b16-13+,18-11+. The predicted molar refractivity (Wildman–Crippen MR) is 107 cm³/mol. The number of nitrogens with zero attached hydrogens (tertiary/aromatic N) is 4. The van der Waals surface area contributed by atoms with Crippen LogP contribution in [0.25, 0.3) is 32.1 Å². The number of hydrogen-bond acceptors (Lipinski definition) is 2. The lowest BCUT2D eigenvalue weighted by Gasteiger charge is -2.11. The smallest absolute Gasteiger partial charge is 0.232 e. The van der Waals surface area contributed by atoms with Gasteiger partial charge in [0.15, 0.2) is 23.3 Å². The molecule has 164 valence electrons. The second-order valence-corrected chi connectivity index (χ2v) is 6.53. The van der Waals surface area contributed by atoms with Crippen molar-refractivity contribution in [1.82, 2.24) is 0 Å². The van der Waals surface area contributed by atoms with Gasteiger partial charge in [0, 0.05) is 16.8 Å². The topological polar surface area (TPSA) is 56.3 Å². The first-order chi connectivity index (χ1) is 16.2. The Kier molecular flexibility index (Phi) is 6.39. The summed E-state index contributed by atoms with van der Waals surface area (Å²) in [5.41, 5.74) is -5.15. The molecule has 0 aromatic heterocycles. The average Bonchev–Trinajstić information content (AvgIpc) is 2.82. The monoisotopic (exact) mass is 464 g/mol. The lowest BCUT2D eigenvalue weighted by Crippen LogP contribution is -2.18. The molecule has 0 aliphatic carbocycles. The molecule has 3 rings (SSSR count). The van der Waals surface area contributed by atoms with Crippen molar-refractivity contribution in [2.45, 2.75) is 0 Å². The highest BCUT2D eigenvalue weighted by atomic mass is 19.2. The van der Waals surface area contributed by atoms with Gasteiger partial charge in [0.05, 0.1) is 30.4 Å². The maximum Gasteiger partial charge on any atom is 0.268 e. The van der Waals surface area contributed by atoms with E-state index in [0.29, 0.717) is 6.07 Å². The number of hydrogen-bond donors (Lipinski definition) is 0. The zero-order valence-corrected chi connectivity index (χ0v) is 16.5. The molecule has 0 saturated heterocycles. The van der Waals surface area contributed by atoms with Crippen LogP contribution in [0.4, 0.5) is 32.0 Å². The van der Waals surface area contributed by atoms with Gasteiger partial charge >= 0.3 is 0 Å². The van der Waals surface area contributed by atoms with Crippen LogP contribution >= 0.6 is 0 Å². The molecule has 0 aliphatic heterocycles. The first kappa shape index (κ1) is 23.6. The predicted octanol–water partition coefficient (Wildman–Crippen LogP) is 5.01. The fourth-order valence-electron chi connectivity index (χ4n) is 3.18. The first-order valence-electron chi connectivity index (χ1n) is 8.95. The number of benzene rings is 3. The Morgan fingerprint density at radius 3 is 1.91 bits per heavy atom. The maximum absolute atomic E-state index is 14.7. The SMILES string of the molecule is [C-]#[N+]/C(C#N)=c1\cc/c(=C(/C#N)c2c(F)c(F)c([N+]#[C-])c(F)c2F)c(-c2ccc(F)cc2F)c1. The Morgan fingerprint density at radius 2 is 1.41 bits per heavy atom. The fraction of sp³-hybridized carbons (Fsp3) is 0. The van der Waals surface area contributed by atoms with Gasteiger partial charge in [0.2, 0.25) is 0 Å². The van der Waals surface area contributed by atoms with Crippen LogP contribution in [0.5, 0.6) is 0 Å². The molecule has 0 amide bonds. The highest BCUT2D eigenvalue weighted by Gasteiger charge is 2.28. The summed E-state index contributed by atoms with van der Waals surface area (Å²) >= 11 is 0. The van der Waals surface area contributed by atoms with Gasteiger partial charge in [-0.2, -0.15) is 5.26 Å². The molecular weight excluding hydrogens is 458 g/mol. The third-order valence-electron chi connectivity index (χ3n) is 4.72. The molecule has 0 fully saturated rings. The Labute approximate surface area is 187 Å². The highest BCUT2D eigenvalue weighted by molar-refractivity contribution is 5.83. The Bertz CT molecular complexity index is 1620. The van der Waals surface area contributed by atoms with E-state index in [1.54, 1.807) is 6.07 Å². The van der Waals surface area contributed by atoms with Crippen LogP contribution in [0, 0.1) is 70.7 Å². The number of halogens is 6. The van der Waals surface area contributed by atoms with E-state index >= 15 is 0 Å². The van der Waals surface area contributed by atoms with Gasteiger partial charge in [0.1, 0.15) is 17.7 Å². The second kappa shape index (κ2) is 9.20. The molecule has 0 atom stereocenters. The largest absolute Gasteiger partial charge is 0.268 e. The van der Waals surface area contributed by atoms with Gasteiger partial charge in [-0.15, -0.1) is 0 Å². The summed E-state index contributed by atoms with van der Waals surface area (Å²) in [5, 5.41) is 18.3. The van der Waals surface area contributed by atoms with Crippen LogP contribution in [-0.4, -0.2) is 0 Å². The van der Waals surface area contributed by atoms with Crippen molar-refractivity contribution in [3.8, 4) is 23.3 Å². The molecule has 3 aromatic rings. The van der Waals surface area contributed by atoms with Crippen molar-refractivity contribution >= 4 is 17.0 Å². The van der Waals surface area contributed by atoms with E-state index in [4.69, 9.17) is 18.4 Å². The summed E-state index contributed by atoms with van der Waals surface area (Å²) in [6.45, 7) is 13.8. The minimum Gasteiger partial charge on any atom is -0.232 e. The van der Waals surface area contributed by atoms with E-state index in [1.807, 2.05) is 0 Å². The van der Waals surface area contributed by atoms with Crippen LogP contribution in [0.15, 0.2) is 36.4 Å². The van der Waals surface area contributed by atoms with E-state index in [1.165, 1.54) is 6.07 Å². The summed E-state index contributed by atoms with van der Waals surface area (Å²) in [4.78, 5) is 5.41. The Balaban J connectivity index is 2.63. The summed E-state index contributed by atoms with van der Waals surface area (Å²) in [7, 11) is 0. The Hall–Kier alpha value is -5.06. The van der Waals surface area contributed by atoms with Crippen molar-refractivity contribution in [3.63, 3.8) is 0 Å². The van der Waals surface area contributed by atoms with Crippen molar-refractivity contribution < 1.29 is 26.3 Å². The van der Waals surface area contributed by atoms with Crippen LogP contribution in [0.3, 0.4) is 0 Å². The summed E-state index contributed by atoms with van der Waals surface area (Å²) < 4.78 is 85.9. The summed E-state index contributed by atoms with van der Waals surface area (Å²) in [6, 6.07) is 8.41. The molecule has 0 aliphatic rings. The molecule has 0 N–H and O–H groups in total. The minimum absolute atomic E-state index is 0.0704. The normalized spacial score (nSPS) is 12.1.